The molecule has 0 spiro atoms. The summed E-state index contributed by atoms with van der Waals surface area (Å²) in [6, 6.07) is 3.03. The van der Waals surface area contributed by atoms with Crippen LogP contribution < -0.4 is 5.32 Å². The third kappa shape index (κ3) is 3.94. The second kappa shape index (κ2) is 6.91. The van der Waals surface area contributed by atoms with Gasteiger partial charge < -0.3 is 15.0 Å². The van der Waals surface area contributed by atoms with E-state index in [9.17, 15) is 4.79 Å². The van der Waals surface area contributed by atoms with Gasteiger partial charge in [-0.3, -0.25) is 0 Å². The molecule has 1 fully saturated rings. The second-order valence-corrected chi connectivity index (χ2v) is 5.69. The van der Waals surface area contributed by atoms with Crippen LogP contribution in [0.4, 0.5) is 4.79 Å². The highest BCUT2D eigenvalue weighted by Crippen LogP contribution is 2.19. The molecule has 1 amide bonds. The normalized spacial score (nSPS) is 18.3. The van der Waals surface area contributed by atoms with E-state index in [-0.39, 0.29) is 6.09 Å². The average molecular weight is 282 g/mol. The van der Waals surface area contributed by atoms with Gasteiger partial charge in [0.05, 0.1) is 6.61 Å². The molecule has 0 saturated carbocycles. The summed E-state index contributed by atoms with van der Waals surface area (Å²) in [6.07, 6.45) is 1.81. The van der Waals surface area contributed by atoms with Crippen molar-refractivity contribution in [3.63, 3.8) is 0 Å². The lowest BCUT2D eigenvalue weighted by Gasteiger charge is -2.33. The summed E-state index contributed by atoms with van der Waals surface area (Å²) in [5.74, 6) is 0. The predicted molar refractivity (Wildman–Crippen MR) is 77.5 cm³/mol. The zero-order valence-electron chi connectivity index (χ0n) is 11.6. The van der Waals surface area contributed by atoms with E-state index in [0.717, 1.165) is 25.9 Å². The SMILES string of the molecule is CCOC(=O)N1CCC(NC(C)c2ccsc2)CC1. The number of carbonyl (C=O) groups is 1. The topological polar surface area (TPSA) is 41.6 Å². The molecule has 0 bridgehead atoms. The zero-order valence-corrected chi connectivity index (χ0v) is 12.4. The number of nitrogens with zero attached hydrogens (tertiary/aromatic N) is 1. The van der Waals surface area contributed by atoms with Gasteiger partial charge in [0.1, 0.15) is 0 Å². The number of piperidine rings is 1. The van der Waals surface area contributed by atoms with Gasteiger partial charge in [-0.1, -0.05) is 0 Å². The Bertz CT molecular complexity index is 386. The fraction of sp³-hybridized carbons (Fsp3) is 0.643. The molecular weight excluding hydrogens is 260 g/mol. The fourth-order valence-electron chi connectivity index (χ4n) is 2.41. The Morgan fingerprint density at radius 2 is 2.32 bits per heavy atom. The van der Waals surface area contributed by atoms with E-state index in [4.69, 9.17) is 4.74 Å². The van der Waals surface area contributed by atoms with Gasteiger partial charge in [0.15, 0.2) is 0 Å². The van der Waals surface area contributed by atoms with Crippen molar-refractivity contribution in [2.24, 2.45) is 0 Å². The molecule has 0 radical (unpaired) electrons. The average Bonchev–Trinajstić information content (AvgIpc) is 2.94. The lowest BCUT2D eigenvalue weighted by Crippen LogP contribution is -2.45. The molecule has 1 atom stereocenters. The van der Waals surface area contributed by atoms with Gasteiger partial charge in [-0.2, -0.15) is 11.3 Å². The third-order valence-electron chi connectivity index (χ3n) is 3.55. The maximum Gasteiger partial charge on any atom is 0.409 e. The number of ether oxygens (including phenoxy) is 1. The summed E-state index contributed by atoms with van der Waals surface area (Å²) in [5.41, 5.74) is 1.35. The Morgan fingerprint density at radius 1 is 1.58 bits per heavy atom. The maximum atomic E-state index is 11.6. The summed E-state index contributed by atoms with van der Waals surface area (Å²) < 4.78 is 5.02. The Balaban J connectivity index is 1.76. The first-order chi connectivity index (χ1) is 9.20. The van der Waals surface area contributed by atoms with Gasteiger partial charge in [-0.05, 0) is 49.1 Å². The van der Waals surface area contributed by atoms with Gasteiger partial charge in [-0.15, -0.1) is 0 Å². The molecule has 4 nitrogen and oxygen atoms in total. The summed E-state index contributed by atoms with van der Waals surface area (Å²) in [4.78, 5) is 13.4. The molecule has 2 heterocycles. The summed E-state index contributed by atoms with van der Waals surface area (Å²) in [6.45, 7) is 6.06. The minimum Gasteiger partial charge on any atom is -0.450 e. The molecule has 1 aliphatic heterocycles. The number of nitrogens with one attached hydrogen (secondary N) is 1. The quantitative estimate of drug-likeness (QED) is 0.923. The molecular formula is C14H22N2O2S. The van der Waals surface area contributed by atoms with Crippen LogP contribution in [0.5, 0.6) is 0 Å². The van der Waals surface area contributed by atoms with Crippen LogP contribution in [0, 0.1) is 0 Å². The Morgan fingerprint density at radius 3 is 2.89 bits per heavy atom. The number of likely N-dealkylation sites (tertiary alicyclic amines) is 1. The molecule has 1 saturated heterocycles. The van der Waals surface area contributed by atoms with Crippen LogP contribution in [0.3, 0.4) is 0 Å². The highest BCUT2D eigenvalue weighted by atomic mass is 32.1. The smallest absolute Gasteiger partial charge is 0.409 e. The second-order valence-electron chi connectivity index (χ2n) is 4.91. The molecule has 19 heavy (non-hydrogen) atoms. The van der Waals surface area contributed by atoms with Crippen molar-refractivity contribution >= 4 is 17.4 Å². The van der Waals surface area contributed by atoms with Crippen molar-refractivity contribution in [3.05, 3.63) is 22.4 Å². The monoisotopic (exact) mass is 282 g/mol. The van der Waals surface area contributed by atoms with Gasteiger partial charge in [-0.25, -0.2) is 4.79 Å². The minimum absolute atomic E-state index is 0.174. The Labute approximate surface area is 118 Å². The predicted octanol–water partition coefficient (Wildman–Crippen LogP) is 3.02. The molecule has 1 aliphatic rings. The molecule has 1 aromatic heterocycles. The van der Waals surface area contributed by atoms with Gasteiger partial charge in [0.2, 0.25) is 0 Å². The standard InChI is InChI=1S/C14H22N2O2S/c1-3-18-14(17)16-7-4-13(5-8-16)15-11(2)12-6-9-19-10-12/h6,9-11,13,15H,3-5,7-8H2,1-2H3. The Hall–Kier alpha value is -1.07. The molecule has 1 unspecified atom stereocenters. The third-order valence-corrected chi connectivity index (χ3v) is 4.25. The number of thiophene rings is 1. The van der Waals surface area contributed by atoms with Crippen LogP contribution in [0.1, 0.15) is 38.3 Å². The molecule has 2 rings (SSSR count). The van der Waals surface area contributed by atoms with E-state index in [1.165, 1.54) is 5.56 Å². The first-order valence-electron chi connectivity index (χ1n) is 6.90. The highest BCUT2D eigenvalue weighted by molar-refractivity contribution is 7.07. The molecule has 106 valence electrons. The van der Waals surface area contributed by atoms with Crippen molar-refractivity contribution in [1.29, 1.82) is 0 Å². The van der Waals surface area contributed by atoms with E-state index in [2.05, 4.69) is 29.1 Å². The summed E-state index contributed by atoms with van der Waals surface area (Å²) in [7, 11) is 0. The van der Waals surface area contributed by atoms with Gasteiger partial charge in [0, 0.05) is 25.2 Å². The van der Waals surface area contributed by atoms with Crippen molar-refractivity contribution in [2.75, 3.05) is 19.7 Å². The van der Waals surface area contributed by atoms with E-state index in [0.29, 0.717) is 18.7 Å². The fourth-order valence-corrected chi connectivity index (χ4v) is 3.17. The number of rotatable bonds is 4. The lowest BCUT2D eigenvalue weighted by molar-refractivity contribution is 0.0944. The first-order valence-corrected chi connectivity index (χ1v) is 7.84. The molecule has 1 N–H and O–H groups in total. The number of hydrogen-bond donors (Lipinski definition) is 1. The summed E-state index contributed by atoms with van der Waals surface area (Å²) >= 11 is 1.73. The number of amides is 1. The first kappa shape index (κ1) is 14.3. The van der Waals surface area contributed by atoms with Crippen LogP contribution in [-0.4, -0.2) is 36.7 Å². The van der Waals surface area contributed by atoms with Crippen LogP contribution in [0.25, 0.3) is 0 Å². The van der Waals surface area contributed by atoms with Crippen LogP contribution >= 0.6 is 11.3 Å². The van der Waals surface area contributed by atoms with E-state index < -0.39 is 0 Å². The van der Waals surface area contributed by atoms with Crippen LogP contribution in [0.2, 0.25) is 0 Å². The summed E-state index contributed by atoms with van der Waals surface area (Å²) in [5, 5.41) is 7.93. The van der Waals surface area contributed by atoms with Gasteiger partial charge in [0.25, 0.3) is 0 Å². The lowest BCUT2D eigenvalue weighted by atomic mass is 10.0. The molecule has 0 aromatic carbocycles. The Kier molecular flexibility index (Phi) is 5.22. The van der Waals surface area contributed by atoms with Crippen LogP contribution in [-0.2, 0) is 4.74 Å². The maximum absolute atomic E-state index is 11.6. The minimum atomic E-state index is -0.174. The molecule has 5 heteroatoms. The van der Waals surface area contributed by atoms with Crippen molar-refractivity contribution in [3.8, 4) is 0 Å². The van der Waals surface area contributed by atoms with Crippen molar-refractivity contribution in [2.45, 2.75) is 38.8 Å². The molecule has 1 aromatic rings. The number of carbonyl (C=O) groups excluding carboxylic acids is 1. The zero-order chi connectivity index (χ0) is 13.7. The van der Waals surface area contributed by atoms with Crippen LogP contribution in [0.15, 0.2) is 16.8 Å². The highest BCUT2D eigenvalue weighted by Gasteiger charge is 2.24. The van der Waals surface area contributed by atoms with E-state index in [1.807, 2.05) is 6.92 Å². The van der Waals surface area contributed by atoms with Crippen molar-refractivity contribution < 1.29 is 9.53 Å². The largest absolute Gasteiger partial charge is 0.450 e. The van der Waals surface area contributed by atoms with E-state index >= 15 is 0 Å². The van der Waals surface area contributed by atoms with Gasteiger partial charge >= 0.3 is 6.09 Å². The van der Waals surface area contributed by atoms with E-state index in [1.54, 1.807) is 16.2 Å². The van der Waals surface area contributed by atoms with Crippen molar-refractivity contribution in [1.82, 2.24) is 10.2 Å². The number of hydrogen-bond acceptors (Lipinski definition) is 4. The molecule has 0 aliphatic carbocycles.